The summed E-state index contributed by atoms with van der Waals surface area (Å²) in [4.78, 5) is 27.8. The zero-order valence-corrected chi connectivity index (χ0v) is 14.1. The summed E-state index contributed by atoms with van der Waals surface area (Å²) in [7, 11) is 0. The number of halogens is 1. The van der Waals surface area contributed by atoms with E-state index in [-0.39, 0.29) is 36.6 Å². The van der Waals surface area contributed by atoms with E-state index in [2.05, 4.69) is 10.3 Å². The molecule has 0 bridgehead atoms. The van der Waals surface area contributed by atoms with Gasteiger partial charge in [0.05, 0.1) is 13.0 Å². The summed E-state index contributed by atoms with van der Waals surface area (Å²) < 4.78 is 23.8. The normalized spacial score (nSPS) is 10.7. The van der Waals surface area contributed by atoms with Crippen LogP contribution in [0, 0.1) is 5.82 Å². The van der Waals surface area contributed by atoms with Crippen molar-refractivity contribution in [2.24, 2.45) is 0 Å². The van der Waals surface area contributed by atoms with Gasteiger partial charge in [0.25, 0.3) is 5.91 Å². The Kier molecular flexibility index (Phi) is 5.26. The number of benzene rings is 2. The van der Waals surface area contributed by atoms with E-state index in [1.807, 2.05) is 0 Å². The molecular formula is C19H17FN2O4. The molecule has 134 valence electrons. The minimum atomic E-state index is -0.383. The van der Waals surface area contributed by atoms with Crippen molar-refractivity contribution >= 4 is 23.0 Å². The van der Waals surface area contributed by atoms with Crippen molar-refractivity contribution in [2.45, 2.75) is 13.3 Å². The van der Waals surface area contributed by atoms with Crippen molar-refractivity contribution in [1.29, 1.82) is 0 Å². The third-order valence-corrected chi connectivity index (χ3v) is 3.64. The number of hydrogen-bond donors (Lipinski definition) is 1. The van der Waals surface area contributed by atoms with Crippen LogP contribution in [0.15, 0.2) is 46.9 Å². The SMILES string of the molecule is CCOC(=O)CCNC(=O)c1ccc2oc(-c3cccc(F)c3)nc2c1. The number of carbonyl (C=O) groups excluding carboxylic acids is 2. The molecule has 0 saturated carbocycles. The van der Waals surface area contributed by atoms with Gasteiger partial charge in [-0.3, -0.25) is 9.59 Å². The standard InChI is InChI=1S/C19H17FN2O4/c1-2-25-17(23)8-9-21-18(24)12-6-7-16-15(11-12)22-19(26-16)13-4-3-5-14(20)10-13/h3-7,10-11H,2,8-9H2,1H3,(H,21,24). The lowest BCUT2D eigenvalue weighted by Gasteiger charge is -2.05. The number of ether oxygens (including phenoxy) is 1. The monoisotopic (exact) mass is 356 g/mol. The van der Waals surface area contributed by atoms with E-state index in [1.54, 1.807) is 37.3 Å². The molecule has 0 spiro atoms. The Hall–Kier alpha value is -3.22. The second-order valence-electron chi connectivity index (χ2n) is 5.52. The van der Waals surface area contributed by atoms with E-state index in [0.717, 1.165) is 0 Å². The summed E-state index contributed by atoms with van der Waals surface area (Å²) >= 11 is 0. The molecule has 6 nitrogen and oxygen atoms in total. The molecule has 0 aliphatic heterocycles. The zero-order chi connectivity index (χ0) is 18.5. The summed E-state index contributed by atoms with van der Waals surface area (Å²) in [6.45, 7) is 2.22. The molecule has 26 heavy (non-hydrogen) atoms. The Morgan fingerprint density at radius 2 is 2.08 bits per heavy atom. The van der Waals surface area contributed by atoms with Crippen LogP contribution in [0.4, 0.5) is 4.39 Å². The maximum atomic E-state index is 13.3. The molecule has 0 atom stereocenters. The van der Waals surface area contributed by atoms with Crippen LogP contribution in [-0.4, -0.2) is 30.0 Å². The predicted molar refractivity (Wildman–Crippen MR) is 93.0 cm³/mol. The minimum Gasteiger partial charge on any atom is -0.466 e. The summed E-state index contributed by atoms with van der Waals surface area (Å²) in [6, 6.07) is 10.7. The van der Waals surface area contributed by atoms with Crippen molar-refractivity contribution in [1.82, 2.24) is 10.3 Å². The minimum absolute atomic E-state index is 0.107. The van der Waals surface area contributed by atoms with Gasteiger partial charge in [0.15, 0.2) is 5.58 Å². The van der Waals surface area contributed by atoms with Gasteiger partial charge in [-0.25, -0.2) is 9.37 Å². The van der Waals surface area contributed by atoms with E-state index in [9.17, 15) is 14.0 Å². The first kappa shape index (κ1) is 17.6. The van der Waals surface area contributed by atoms with Gasteiger partial charge in [-0.1, -0.05) is 6.07 Å². The first-order valence-corrected chi connectivity index (χ1v) is 8.17. The number of rotatable bonds is 6. The van der Waals surface area contributed by atoms with Gasteiger partial charge in [0.2, 0.25) is 5.89 Å². The van der Waals surface area contributed by atoms with E-state index < -0.39 is 0 Å². The molecule has 0 radical (unpaired) electrons. The van der Waals surface area contributed by atoms with Crippen LogP contribution in [0.1, 0.15) is 23.7 Å². The smallest absolute Gasteiger partial charge is 0.307 e. The fourth-order valence-corrected chi connectivity index (χ4v) is 2.43. The zero-order valence-electron chi connectivity index (χ0n) is 14.1. The topological polar surface area (TPSA) is 81.4 Å². The van der Waals surface area contributed by atoms with Crippen LogP contribution in [0.25, 0.3) is 22.6 Å². The van der Waals surface area contributed by atoms with Crippen LogP contribution in [-0.2, 0) is 9.53 Å². The van der Waals surface area contributed by atoms with Crippen molar-refractivity contribution in [2.75, 3.05) is 13.2 Å². The molecular weight excluding hydrogens is 339 g/mol. The lowest BCUT2D eigenvalue weighted by Crippen LogP contribution is -2.26. The average molecular weight is 356 g/mol. The van der Waals surface area contributed by atoms with Crippen LogP contribution in [0.3, 0.4) is 0 Å². The predicted octanol–water partition coefficient (Wildman–Crippen LogP) is 3.32. The summed E-state index contributed by atoms with van der Waals surface area (Å²) in [5, 5.41) is 2.65. The molecule has 0 fully saturated rings. The number of fused-ring (bicyclic) bond motifs is 1. The number of oxazole rings is 1. The van der Waals surface area contributed by atoms with E-state index in [1.165, 1.54) is 12.1 Å². The summed E-state index contributed by atoms with van der Waals surface area (Å²) in [6.07, 6.45) is 0.107. The third kappa shape index (κ3) is 4.05. The molecule has 0 aliphatic carbocycles. The highest BCUT2D eigenvalue weighted by Gasteiger charge is 2.12. The number of nitrogens with one attached hydrogen (secondary N) is 1. The van der Waals surface area contributed by atoms with Crippen molar-refractivity contribution in [3.63, 3.8) is 0 Å². The second kappa shape index (κ2) is 7.77. The molecule has 2 aromatic carbocycles. The van der Waals surface area contributed by atoms with Crippen LogP contribution >= 0.6 is 0 Å². The second-order valence-corrected chi connectivity index (χ2v) is 5.52. The van der Waals surface area contributed by atoms with Gasteiger partial charge in [0, 0.05) is 17.7 Å². The van der Waals surface area contributed by atoms with Gasteiger partial charge in [-0.2, -0.15) is 0 Å². The lowest BCUT2D eigenvalue weighted by atomic mass is 10.2. The third-order valence-electron chi connectivity index (χ3n) is 3.64. The Labute approximate surface area is 149 Å². The molecule has 3 rings (SSSR count). The molecule has 1 aromatic heterocycles. The van der Waals surface area contributed by atoms with Crippen molar-refractivity contribution in [3.8, 4) is 11.5 Å². The maximum absolute atomic E-state index is 13.3. The number of hydrogen-bond acceptors (Lipinski definition) is 5. The van der Waals surface area contributed by atoms with Gasteiger partial charge in [0.1, 0.15) is 11.3 Å². The first-order chi connectivity index (χ1) is 12.6. The largest absolute Gasteiger partial charge is 0.466 e. The highest BCUT2D eigenvalue weighted by Crippen LogP contribution is 2.25. The fourth-order valence-electron chi connectivity index (χ4n) is 2.43. The maximum Gasteiger partial charge on any atom is 0.307 e. The highest BCUT2D eigenvalue weighted by atomic mass is 19.1. The Bertz CT molecular complexity index is 952. The van der Waals surface area contributed by atoms with Crippen LogP contribution in [0.2, 0.25) is 0 Å². The molecule has 3 aromatic rings. The molecule has 1 heterocycles. The molecule has 0 unspecified atom stereocenters. The quantitative estimate of drug-likeness (QED) is 0.685. The first-order valence-electron chi connectivity index (χ1n) is 8.17. The fraction of sp³-hybridized carbons (Fsp3) is 0.211. The summed E-state index contributed by atoms with van der Waals surface area (Å²) in [5.74, 6) is -0.795. The number of amides is 1. The molecule has 1 amide bonds. The van der Waals surface area contributed by atoms with Gasteiger partial charge in [-0.15, -0.1) is 0 Å². The van der Waals surface area contributed by atoms with Crippen molar-refractivity contribution < 1.29 is 23.1 Å². The van der Waals surface area contributed by atoms with Crippen LogP contribution < -0.4 is 5.32 Å². The molecule has 0 saturated heterocycles. The van der Waals surface area contributed by atoms with E-state index >= 15 is 0 Å². The summed E-state index contributed by atoms with van der Waals surface area (Å²) in [5.41, 5.74) is 1.89. The Morgan fingerprint density at radius 3 is 2.85 bits per heavy atom. The molecule has 0 aliphatic rings. The van der Waals surface area contributed by atoms with Gasteiger partial charge in [-0.05, 0) is 43.3 Å². The highest BCUT2D eigenvalue weighted by molar-refractivity contribution is 5.97. The molecule has 7 heteroatoms. The van der Waals surface area contributed by atoms with Crippen LogP contribution in [0.5, 0.6) is 0 Å². The number of esters is 1. The van der Waals surface area contributed by atoms with E-state index in [0.29, 0.717) is 28.8 Å². The lowest BCUT2D eigenvalue weighted by molar-refractivity contribution is -0.142. The van der Waals surface area contributed by atoms with E-state index in [4.69, 9.17) is 9.15 Å². The van der Waals surface area contributed by atoms with Gasteiger partial charge >= 0.3 is 5.97 Å². The average Bonchev–Trinajstić information content (AvgIpc) is 3.05. The number of carbonyl (C=O) groups is 2. The Balaban J connectivity index is 1.73. The Morgan fingerprint density at radius 1 is 1.23 bits per heavy atom. The van der Waals surface area contributed by atoms with Crippen molar-refractivity contribution in [3.05, 3.63) is 53.8 Å². The number of aromatic nitrogens is 1. The van der Waals surface area contributed by atoms with Gasteiger partial charge < -0.3 is 14.5 Å². The molecule has 1 N–H and O–H groups in total. The number of nitrogens with zero attached hydrogens (tertiary/aromatic N) is 1.